The molecule has 1 aromatic heterocycles. The van der Waals surface area contributed by atoms with Crippen molar-refractivity contribution in [2.45, 2.75) is 32.9 Å². The van der Waals surface area contributed by atoms with Gasteiger partial charge in [0, 0.05) is 24.2 Å². The third-order valence-corrected chi connectivity index (χ3v) is 4.24. The lowest BCUT2D eigenvalue weighted by Gasteiger charge is -2.14. The van der Waals surface area contributed by atoms with Gasteiger partial charge in [0.2, 0.25) is 5.95 Å². The van der Waals surface area contributed by atoms with Gasteiger partial charge in [-0.05, 0) is 31.0 Å². The average molecular weight is 368 g/mol. The highest BCUT2D eigenvalue weighted by Crippen LogP contribution is 2.22. The summed E-state index contributed by atoms with van der Waals surface area (Å²) in [5.74, 6) is -0.578. The first-order valence-electron chi connectivity index (χ1n) is 8.94. The van der Waals surface area contributed by atoms with Crippen LogP contribution < -0.4 is 10.6 Å². The molecule has 0 amide bonds. The van der Waals surface area contributed by atoms with E-state index in [0.29, 0.717) is 23.9 Å². The van der Waals surface area contributed by atoms with Crippen LogP contribution >= 0.6 is 0 Å². The molecule has 0 saturated heterocycles. The monoisotopic (exact) mass is 368 g/mol. The van der Waals surface area contributed by atoms with Gasteiger partial charge >= 0.3 is 0 Å². The fraction of sp³-hybridized carbons (Fsp3) is 0.238. The predicted octanol–water partition coefficient (Wildman–Crippen LogP) is 5.24. The number of hydrogen-bond acceptors (Lipinski definition) is 4. The van der Waals surface area contributed by atoms with E-state index in [1.807, 2.05) is 36.4 Å². The minimum absolute atomic E-state index is 0.232. The number of aromatic nitrogens is 2. The molecule has 0 fully saturated rings. The molecule has 2 aromatic carbocycles. The van der Waals surface area contributed by atoms with E-state index in [1.54, 1.807) is 6.07 Å². The lowest BCUT2D eigenvalue weighted by atomic mass is 10.1. The van der Waals surface area contributed by atoms with E-state index in [1.165, 1.54) is 6.07 Å². The zero-order chi connectivity index (χ0) is 19.2. The van der Waals surface area contributed by atoms with Crippen LogP contribution in [0, 0.1) is 11.6 Å². The lowest BCUT2D eigenvalue weighted by molar-refractivity contribution is 0.507. The van der Waals surface area contributed by atoms with Crippen molar-refractivity contribution in [3.8, 4) is 11.3 Å². The fourth-order valence-electron chi connectivity index (χ4n) is 2.52. The maximum Gasteiger partial charge on any atom is 0.225 e. The molecule has 0 bridgehead atoms. The third kappa shape index (κ3) is 5.00. The van der Waals surface area contributed by atoms with Crippen molar-refractivity contribution in [1.82, 2.24) is 9.97 Å². The highest BCUT2D eigenvalue weighted by molar-refractivity contribution is 5.64. The van der Waals surface area contributed by atoms with Gasteiger partial charge in [-0.2, -0.15) is 4.98 Å². The second-order valence-corrected chi connectivity index (χ2v) is 6.38. The van der Waals surface area contributed by atoms with Gasteiger partial charge in [0.1, 0.15) is 5.82 Å². The summed E-state index contributed by atoms with van der Waals surface area (Å²) >= 11 is 0. The van der Waals surface area contributed by atoms with Gasteiger partial charge in [0.15, 0.2) is 11.6 Å². The fourth-order valence-corrected chi connectivity index (χ4v) is 2.52. The second kappa shape index (κ2) is 8.58. The highest BCUT2D eigenvalue weighted by atomic mass is 19.2. The highest BCUT2D eigenvalue weighted by Gasteiger charge is 2.09. The molecule has 3 aromatic rings. The molecule has 0 aliphatic heterocycles. The van der Waals surface area contributed by atoms with Gasteiger partial charge < -0.3 is 10.6 Å². The molecule has 0 aliphatic carbocycles. The van der Waals surface area contributed by atoms with Crippen LogP contribution in [0.4, 0.5) is 20.5 Å². The summed E-state index contributed by atoms with van der Waals surface area (Å²) < 4.78 is 26.5. The summed E-state index contributed by atoms with van der Waals surface area (Å²) in [6.45, 7) is 4.47. The molecule has 1 atom stereocenters. The van der Waals surface area contributed by atoms with E-state index < -0.39 is 11.6 Å². The molecule has 4 nitrogen and oxygen atoms in total. The van der Waals surface area contributed by atoms with Crippen LogP contribution in [0.5, 0.6) is 0 Å². The van der Waals surface area contributed by atoms with Crippen LogP contribution in [-0.2, 0) is 6.54 Å². The first-order valence-corrected chi connectivity index (χ1v) is 8.94. The topological polar surface area (TPSA) is 49.8 Å². The summed E-state index contributed by atoms with van der Waals surface area (Å²) in [6.07, 6.45) is 0.941. The molecular weight excluding hydrogens is 346 g/mol. The Morgan fingerprint density at radius 3 is 2.44 bits per heavy atom. The summed E-state index contributed by atoms with van der Waals surface area (Å²) in [5.41, 5.74) is 2.39. The van der Waals surface area contributed by atoms with Crippen LogP contribution in [0.1, 0.15) is 25.8 Å². The number of nitrogens with zero attached hydrogens (tertiary/aromatic N) is 2. The van der Waals surface area contributed by atoms with Crippen molar-refractivity contribution >= 4 is 11.8 Å². The molecule has 3 rings (SSSR count). The van der Waals surface area contributed by atoms with Crippen molar-refractivity contribution in [2.24, 2.45) is 0 Å². The normalized spacial score (nSPS) is 11.9. The van der Waals surface area contributed by atoms with Crippen LogP contribution in [0.25, 0.3) is 11.3 Å². The first-order chi connectivity index (χ1) is 13.0. The van der Waals surface area contributed by atoms with Crippen molar-refractivity contribution in [2.75, 3.05) is 10.6 Å². The van der Waals surface area contributed by atoms with Gasteiger partial charge in [-0.3, -0.25) is 0 Å². The van der Waals surface area contributed by atoms with Gasteiger partial charge in [0.25, 0.3) is 0 Å². The van der Waals surface area contributed by atoms with E-state index in [2.05, 4.69) is 34.4 Å². The van der Waals surface area contributed by atoms with Crippen molar-refractivity contribution in [3.05, 3.63) is 71.8 Å². The van der Waals surface area contributed by atoms with Gasteiger partial charge in [-0.25, -0.2) is 13.8 Å². The number of halogens is 2. The van der Waals surface area contributed by atoms with E-state index in [-0.39, 0.29) is 6.04 Å². The first kappa shape index (κ1) is 18.8. The van der Waals surface area contributed by atoms with Crippen LogP contribution in [0.3, 0.4) is 0 Å². The maximum atomic E-state index is 13.4. The number of anilines is 2. The van der Waals surface area contributed by atoms with E-state index in [0.717, 1.165) is 23.7 Å². The molecule has 2 N–H and O–H groups in total. The van der Waals surface area contributed by atoms with E-state index in [4.69, 9.17) is 0 Å². The SMILES string of the molecule is CC[C@@H](C)Nc1nc(NCc2ccc(F)c(F)c2)cc(-c2ccccc2)n1. The maximum absolute atomic E-state index is 13.4. The molecule has 0 spiro atoms. The molecule has 1 heterocycles. The van der Waals surface area contributed by atoms with Crippen LogP contribution in [0.2, 0.25) is 0 Å². The second-order valence-electron chi connectivity index (χ2n) is 6.38. The lowest BCUT2D eigenvalue weighted by Crippen LogP contribution is -2.16. The summed E-state index contributed by atoms with van der Waals surface area (Å²) in [4.78, 5) is 9.10. The number of rotatable bonds is 7. The molecule has 27 heavy (non-hydrogen) atoms. The Morgan fingerprint density at radius 2 is 1.74 bits per heavy atom. The summed E-state index contributed by atoms with van der Waals surface area (Å²) in [5, 5.41) is 6.45. The molecular formula is C21H22F2N4. The largest absolute Gasteiger partial charge is 0.366 e. The third-order valence-electron chi connectivity index (χ3n) is 4.24. The number of nitrogens with one attached hydrogen (secondary N) is 2. The van der Waals surface area contributed by atoms with Gasteiger partial charge in [0.05, 0.1) is 5.69 Å². The molecule has 0 saturated carbocycles. The molecule has 0 radical (unpaired) electrons. The smallest absolute Gasteiger partial charge is 0.225 e. The van der Waals surface area contributed by atoms with Crippen LogP contribution in [0.15, 0.2) is 54.6 Å². The Morgan fingerprint density at radius 1 is 0.963 bits per heavy atom. The Kier molecular flexibility index (Phi) is 5.96. The minimum Gasteiger partial charge on any atom is -0.366 e. The summed E-state index contributed by atoms with van der Waals surface area (Å²) in [7, 11) is 0. The Labute approximate surface area is 157 Å². The number of hydrogen-bond donors (Lipinski definition) is 2. The zero-order valence-corrected chi connectivity index (χ0v) is 15.3. The Hall–Kier alpha value is -3.02. The average Bonchev–Trinajstić information content (AvgIpc) is 2.69. The zero-order valence-electron chi connectivity index (χ0n) is 15.3. The predicted molar refractivity (Wildman–Crippen MR) is 105 cm³/mol. The quantitative estimate of drug-likeness (QED) is 0.598. The van der Waals surface area contributed by atoms with Crippen LogP contribution in [-0.4, -0.2) is 16.0 Å². The van der Waals surface area contributed by atoms with E-state index >= 15 is 0 Å². The van der Waals surface area contributed by atoms with Crippen molar-refractivity contribution in [1.29, 1.82) is 0 Å². The molecule has 140 valence electrons. The Bertz CT molecular complexity index is 900. The standard InChI is InChI=1S/C21H22F2N4/c1-3-14(2)25-21-26-19(16-7-5-4-6-8-16)12-20(27-21)24-13-15-9-10-17(22)18(23)11-15/h4-12,14H,3,13H2,1-2H3,(H2,24,25,26,27)/t14-/m1/s1. The van der Waals surface area contributed by atoms with Gasteiger partial charge in [-0.1, -0.05) is 43.3 Å². The molecule has 0 unspecified atom stereocenters. The van der Waals surface area contributed by atoms with E-state index in [9.17, 15) is 8.78 Å². The van der Waals surface area contributed by atoms with Gasteiger partial charge in [-0.15, -0.1) is 0 Å². The Balaban J connectivity index is 1.86. The molecule has 6 heteroatoms. The van der Waals surface area contributed by atoms with Crippen molar-refractivity contribution in [3.63, 3.8) is 0 Å². The van der Waals surface area contributed by atoms with Crippen molar-refractivity contribution < 1.29 is 8.78 Å². The number of benzene rings is 2. The minimum atomic E-state index is -0.860. The summed E-state index contributed by atoms with van der Waals surface area (Å²) in [6, 6.07) is 15.7. The molecule has 0 aliphatic rings.